The van der Waals surface area contributed by atoms with E-state index in [-0.39, 0.29) is 0 Å². The van der Waals surface area contributed by atoms with Crippen LogP contribution in [0, 0.1) is 0 Å². The number of hydrogen-bond donors (Lipinski definition) is 3. The van der Waals surface area contributed by atoms with Gasteiger partial charge in [-0.05, 0) is 32.1 Å². The molecule has 0 aromatic carbocycles. The lowest BCUT2D eigenvalue weighted by Crippen LogP contribution is -2.08. The number of fused-ring (bicyclic) bond motifs is 1. The van der Waals surface area contributed by atoms with E-state index in [4.69, 9.17) is 0 Å². The minimum absolute atomic E-state index is 0.784. The SMILES string of the molecule is CNCCCc1nc2nc(NC)ccc2[nH]1. The number of imidazole rings is 1. The summed E-state index contributed by atoms with van der Waals surface area (Å²) in [4.78, 5) is 12.1. The predicted molar refractivity (Wildman–Crippen MR) is 65.7 cm³/mol. The van der Waals surface area contributed by atoms with Gasteiger partial charge in [0, 0.05) is 13.5 Å². The summed E-state index contributed by atoms with van der Waals surface area (Å²) in [7, 11) is 3.81. The average Bonchev–Trinajstić information content (AvgIpc) is 2.70. The largest absolute Gasteiger partial charge is 0.373 e. The summed E-state index contributed by atoms with van der Waals surface area (Å²) >= 11 is 0. The van der Waals surface area contributed by atoms with E-state index in [2.05, 4.69) is 25.6 Å². The summed E-state index contributed by atoms with van der Waals surface area (Å²) in [6, 6.07) is 3.95. The highest BCUT2D eigenvalue weighted by Gasteiger charge is 2.04. The van der Waals surface area contributed by atoms with Crippen molar-refractivity contribution in [2.75, 3.05) is 26.0 Å². The maximum Gasteiger partial charge on any atom is 0.179 e. The molecule has 0 aliphatic carbocycles. The number of rotatable bonds is 5. The predicted octanol–water partition coefficient (Wildman–Crippen LogP) is 1.15. The van der Waals surface area contributed by atoms with Crippen molar-refractivity contribution in [3.8, 4) is 0 Å². The molecule has 0 aliphatic heterocycles. The average molecular weight is 219 g/mol. The van der Waals surface area contributed by atoms with Crippen LogP contribution in [0.4, 0.5) is 5.82 Å². The van der Waals surface area contributed by atoms with Gasteiger partial charge in [-0.15, -0.1) is 0 Å². The topological polar surface area (TPSA) is 65.6 Å². The molecule has 2 aromatic heterocycles. The fraction of sp³-hybridized carbons (Fsp3) is 0.455. The maximum atomic E-state index is 4.46. The van der Waals surface area contributed by atoms with Crippen LogP contribution < -0.4 is 10.6 Å². The van der Waals surface area contributed by atoms with Gasteiger partial charge in [-0.1, -0.05) is 0 Å². The van der Waals surface area contributed by atoms with Crippen molar-refractivity contribution in [3.63, 3.8) is 0 Å². The van der Waals surface area contributed by atoms with Gasteiger partial charge in [0.05, 0.1) is 5.52 Å². The van der Waals surface area contributed by atoms with Gasteiger partial charge < -0.3 is 15.6 Å². The van der Waals surface area contributed by atoms with Gasteiger partial charge in [0.2, 0.25) is 0 Å². The number of pyridine rings is 1. The first kappa shape index (κ1) is 10.9. The first-order valence-corrected chi connectivity index (χ1v) is 5.51. The second kappa shape index (κ2) is 4.94. The Labute approximate surface area is 94.7 Å². The molecule has 3 N–H and O–H groups in total. The third kappa shape index (κ3) is 2.30. The molecule has 0 amide bonds. The number of aromatic amines is 1. The molecule has 0 spiro atoms. The van der Waals surface area contributed by atoms with Crippen LogP contribution in [0.5, 0.6) is 0 Å². The molecule has 0 radical (unpaired) electrons. The first-order chi connectivity index (χ1) is 7.83. The van der Waals surface area contributed by atoms with Crippen molar-refractivity contribution >= 4 is 17.0 Å². The summed E-state index contributed by atoms with van der Waals surface area (Å²) in [6.07, 6.45) is 2.03. The highest BCUT2D eigenvalue weighted by molar-refractivity contribution is 5.72. The normalized spacial score (nSPS) is 10.9. The third-order valence-electron chi connectivity index (χ3n) is 2.49. The molecule has 0 atom stereocenters. The molecule has 0 saturated carbocycles. The van der Waals surface area contributed by atoms with E-state index >= 15 is 0 Å². The Bertz CT molecular complexity index is 462. The lowest BCUT2D eigenvalue weighted by Gasteiger charge is -1.95. The number of H-pyrrole nitrogens is 1. The molecule has 0 aliphatic rings. The summed E-state index contributed by atoms with van der Waals surface area (Å²) in [6.45, 7) is 1.01. The van der Waals surface area contributed by atoms with E-state index in [1.165, 1.54) is 0 Å². The fourth-order valence-corrected chi connectivity index (χ4v) is 1.63. The number of nitrogens with one attached hydrogen (secondary N) is 3. The van der Waals surface area contributed by atoms with Crippen LogP contribution in [0.1, 0.15) is 12.2 Å². The molecular weight excluding hydrogens is 202 g/mol. The van der Waals surface area contributed by atoms with E-state index in [1.54, 1.807) is 0 Å². The van der Waals surface area contributed by atoms with Gasteiger partial charge in [0.25, 0.3) is 0 Å². The minimum Gasteiger partial charge on any atom is -0.373 e. The van der Waals surface area contributed by atoms with Crippen molar-refractivity contribution < 1.29 is 0 Å². The van der Waals surface area contributed by atoms with E-state index < -0.39 is 0 Å². The quantitative estimate of drug-likeness (QED) is 0.660. The summed E-state index contributed by atoms with van der Waals surface area (Å²) in [5.74, 6) is 1.85. The molecule has 5 heteroatoms. The maximum absolute atomic E-state index is 4.46. The lowest BCUT2D eigenvalue weighted by atomic mass is 10.3. The molecule has 2 heterocycles. The van der Waals surface area contributed by atoms with Crippen molar-refractivity contribution in [1.82, 2.24) is 20.3 Å². The van der Waals surface area contributed by atoms with Crippen molar-refractivity contribution in [3.05, 3.63) is 18.0 Å². The van der Waals surface area contributed by atoms with Gasteiger partial charge >= 0.3 is 0 Å². The summed E-state index contributed by atoms with van der Waals surface area (Å²) in [5.41, 5.74) is 1.78. The molecule has 86 valence electrons. The smallest absolute Gasteiger partial charge is 0.179 e. The van der Waals surface area contributed by atoms with Crippen LogP contribution in [-0.2, 0) is 6.42 Å². The van der Waals surface area contributed by atoms with Gasteiger partial charge in [-0.3, -0.25) is 0 Å². The van der Waals surface area contributed by atoms with Crippen LogP contribution in [0.3, 0.4) is 0 Å². The van der Waals surface area contributed by atoms with Gasteiger partial charge in [-0.25, -0.2) is 9.97 Å². The Morgan fingerprint density at radius 1 is 1.25 bits per heavy atom. The van der Waals surface area contributed by atoms with Crippen LogP contribution in [0.25, 0.3) is 11.2 Å². The van der Waals surface area contributed by atoms with Gasteiger partial charge in [-0.2, -0.15) is 0 Å². The third-order valence-corrected chi connectivity index (χ3v) is 2.49. The molecule has 0 bridgehead atoms. The number of nitrogens with zero attached hydrogens (tertiary/aromatic N) is 2. The molecule has 0 unspecified atom stereocenters. The molecule has 2 aromatic rings. The highest BCUT2D eigenvalue weighted by atomic mass is 15.0. The van der Waals surface area contributed by atoms with Crippen LogP contribution in [0.2, 0.25) is 0 Å². The number of aromatic nitrogens is 3. The standard InChI is InChI=1S/C11H17N5/c1-12-7-3-4-10-14-8-5-6-9(13-2)15-11(8)16-10/h5-6,12H,3-4,7H2,1-2H3,(H2,13,14,15,16). The molecular formula is C11H17N5. The highest BCUT2D eigenvalue weighted by Crippen LogP contribution is 2.13. The number of hydrogen-bond acceptors (Lipinski definition) is 4. The van der Waals surface area contributed by atoms with Crippen LogP contribution >= 0.6 is 0 Å². The lowest BCUT2D eigenvalue weighted by molar-refractivity contribution is 0.708. The molecule has 0 fully saturated rings. The Morgan fingerprint density at radius 2 is 2.12 bits per heavy atom. The zero-order valence-electron chi connectivity index (χ0n) is 9.67. The first-order valence-electron chi connectivity index (χ1n) is 5.51. The number of aryl methyl sites for hydroxylation is 1. The van der Waals surface area contributed by atoms with Crippen LogP contribution in [-0.4, -0.2) is 35.6 Å². The van der Waals surface area contributed by atoms with Gasteiger partial charge in [0.15, 0.2) is 5.65 Å². The summed E-state index contributed by atoms with van der Waals surface area (Å²) in [5, 5.41) is 6.13. The Balaban J connectivity index is 2.16. The van der Waals surface area contributed by atoms with Crippen molar-refractivity contribution in [2.45, 2.75) is 12.8 Å². The molecule has 5 nitrogen and oxygen atoms in total. The Hall–Kier alpha value is -1.62. The fourth-order valence-electron chi connectivity index (χ4n) is 1.63. The zero-order valence-corrected chi connectivity index (χ0v) is 9.67. The zero-order chi connectivity index (χ0) is 11.4. The molecule has 16 heavy (non-hydrogen) atoms. The second-order valence-electron chi connectivity index (χ2n) is 3.71. The van der Waals surface area contributed by atoms with E-state index in [0.717, 1.165) is 42.2 Å². The molecule has 0 saturated heterocycles. The van der Waals surface area contributed by atoms with E-state index in [9.17, 15) is 0 Å². The Morgan fingerprint density at radius 3 is 2.88 bits per heavy atom. The second-order valence-corrected chi connectivity index (χ2v) is 3.71. The number of anilines is 1. The monoisotopic (exact) mass is 219 g/mol. The Kier molecular flexibility index (Phi) is 3.36. The molecule has 2 rings (SSSR count). The van der Waals surface area contributed by atoms with Crippen molar-refractivity contribution in [1.29, 1.82) is 0 Å². The van der Waals surface area contributed by atoms with E-state index in [1.807, 2.05) is 26.2 Å². The van der Waals surface area contributed by atoms with E-state index in [0.29, 0.717) is 0 Å². The van der Waals surface area contributed by atoms with Crippen LogP contribution in [0.15, 0.2) is 12.1 Å². The van der Waals surface area contributed by atoms with Crippen molar-refractivity contribution in [2.24, 2.45) is 0 Å². The minimum atomic E-state index is 0.784. The van der Waals surface area contributed by atoms with Gasteiger partial charge in [0.1, 0.15) is 11.6 Å². The summed E-state index contributed by atoms with van der Waals surface area (Å²) < 4.78 is 0.